The molecule has 0 spiro atoms. The van der Waals surface area contributed by atoms with Crippen molar-refractivity contribution < 1.29 is 31.1 Å². The number of halogens is 4. The number of nitrogens with zero attached hydrogens (tertiary/aromatic N) is 3. The van der Waals surface area contributed by atoms with Gasteiger partial charge in [0, 0.05) is 17.4 Å². The third kappa shape index (κ3) is 5.50. The SMILES string of the molecule is CS(=O)(Cc1ccccc1F)=NC(=O)Cc1ccc(-c2noc(C(F)(F)F)n2)cc1. The number of hydrogen-bond donors (Lipinski definition) is 0. The van der Waals surface area contributed by atoms with Crippen LogP contribution < -0.4 is 0 Å². The van der Waals surface area contributed by atoms with Crippen LogP contribution in [0.4, 0.5) is 17.6 Å². The van der Waals surface area contributed by atoms with Gasteiger partial charge in [-0.2, -0.15) is 22.5 Å². The molecule has 3 aromatic rings. The fourth-order valence-electron chi connectivity index (χ4n) is 2.59. The Morgan fingerprint density at radius 2 is 1.80 bits per heavy atom. The summed E-state index contributed by atoms with van der Waals surface area (Å²) < 4.78 is 71.8. The zero-order chi connectivity index (χ0) is 21.9. The zero-order valence-corrected chi connectivity index (χ0v) is 16.3. The number of benzene rings is 2. The molecular weight excluding hydrogens is 426 g/mol. The first kappa shape index (κ1) is 21.6. The molecule has 1 amide bonds. The minimum Gasteiger partial charge on any atom is -0.329 e. The molecule has 3 rings (SSSR count). The van der Waals surface area contributed by atoms with Gasteiger partial charge in [-0.15, -0.1) is 0 Å². The molecule has 1 aromatic heterocycles. The minimum absolute atomic E-state index is 0.178. The van der Waals surface area contributed by atoms with Crippen molar-refractivity contribution in [2.24, 2.45) is 4.36 Å². The molecule has 0 radical (unpaired) electrons. The maximum absolute atomic E-state index is 13.7. The summed E-state index contributed by atoms with van der Waals surface area (Å²) in [5.74, 6) is -3.09. The van der Waals surface area contributed by atoms with Gasteiger partial charge in [0.15, 0.2) is 0 Å². The van der Waals surface area contributed by atoms with Gasteiger partial charge in [0.2, 0.25) is 5.82 Å². The van der Waals surface area contributed by atoms with E-state index in [1.165, 1.54) is 48.7 Å². The molecule has 0 saturated heterocycles. The molecule has 0 bridgehead atoms. The van der Waals surface area contributed by atoms with E-state index >= 15 is 0 Å². The molecular formula is C19H15F4N3O3S. The van der Waals surface area contributed by atoms with Crippen molar-refractivity contribution in [2.45, 2.75) is 18.3 Å². The summed E-state index contributed by atoms with van der Waals surface area (Å²) in [5.41, 5.74) is 0.957. The lowest BCUT2D eigenvalue weighted by Gasteiger charge is -2.05. The Kier molecular flexibility index (Phi) is 6.01. The molecule has 1 atom stereocenters. The standard InChI is InChI=1S/C19H15F4N3O3S/c1-30(28,11-14-4-2-3-5-15(14)20)26-16(27)10-12-6-8-13(9-7-12)17-24-18(29-25-17)19(21,22)23/h2-9H,10-11H2,1H3. The molecule has 0 fully saturated rings. The molecule has 2 aromatic carbocycles. The highest BCUT2D eigenvalue weighted by molar-refractivity contribution is 7.92. The third-order valence-electron chi connectivity index (χ3n) is 3.91. The summed E-state index contributed by atoms with van der Waals surface area (Å²) in [4.78, 5) is 15.4. The van der Waals surface area contributed by atoms with Crippen LogP contribution in [0.2, 0.25) is 0 Å². The average molecular weight is 441 g/mol. The average Bonchev–Trinajstić information content (AvgIpc) is 3.14. The molecule has 1 heterocycles. The lowest BCUT2D eigenvalue weighted by atomic mass is 10.1. The van der Waals surface area contributed by atoms with Gasteiger partial charge in [-0.05, 0) is 11.6 Å². The van der Waals surface area contributed by atoms with E-state index < -0.39 is 33.5 Å². The number of carbonyl (C=O) groups is 1. The Hall–Kier alpha value is -3.08. The summed E-state index contributed by atoms with van der Waals surface area (Å²) >= 11 is 0. The number of carbonyl (C=O) groups excluding carboxylic acids is 1. The van der Waals surface area contributed by atoms with Crippen LogP contribution in [0.15, 0.2) is 57.4 Å². The van der Waals surface area contributed by atoms with E-state index in [1.807, 2.05) is 0 Å². The predicted octanol–water partition coefficient (Wildman–Crippen LogP) is 4.26. The Bertz CT molecular complexity index is 1180. The summed E-state index contributed by atoms with van der Waals surface area (Å²) in [6.07, 6.45) is -3.65. The first-order valence-electron chi connectivity index (χ1n) is 8.50. The quantitative estimate of drug-likeness (QED) is 0.553. The molecule has 0 aliphatic carbocycles. The van der Waals surface area contributed by atoms with Crippen LogP contribution in [0.3, 0.4) is 0 Å². The number of hydrogen-bond acceptors (Lipinski definition) is 5. The van der Waals surface area contributed by atoms with Crippen LogP contribution in [-0.2, 0) is 32.9 Å². The van der Waals surface area contributed by atoms with Crippen molar-refractivity contribution in [3.63, 3.8) is 0 Å². The van der Waals surface area contributed by atoms with E-state index in [1.54, 1.807) is 6.07 Å². The Morgan fingerprint density at radius 1 is 1.13 bits per heavy atom. The molecule has 30 heavy (non-hydrogen) atoms. The lowest BCUT2D eigenvalue weighted by molar-refractivity contribution is -0.159. The molecule has 6 nitrogen and oxygen atoms in total. The maximum atomic E-state index is 13.7. The number of amides is 1. The summed E-state index contributed by atoms with van der Waals surface area (Å²) in [6.45, 7) is 0. The molecule has 0 saturated carbocycles. The second kappa shape index (κ2) is 8.34. The summed E-state index contributed by atoms with van der Waals surface area (Å²) in [6, 6.07) is 11.6. The van der Waals surface area contributed by atoms with Gasteiger partial charge in [-0.3, -0.25) is 4.79 Å². The van der Waals surface area contributed by atoms with Gasteiger partial charge in [-0.25, -0.2) is 8.60 Å². The number of alkyl halides is 3. The van der Waals surface area contributed by atoms with Crippen LogP contribution in [0.1, 0.15) is 17.0 Å². The van der Waals surface area contributed by atoms with Gasteiger partial charge in [0.1, 0.15) is 5.82 Å². The maximum Gasteiger partial charge on any atom is 0.471 e. The first-order chi connectivity index (χ1) is 14.0. The number of rotatable bonds is 5. The second-order valence-corrected chi connectivity index (χ2v) is 8.86. The van der Waals surface area contributed by atoms with E-state index in [9.17, 15) is 26.6 Å². The molecule has 11 heteroatoms. The van der Waals surface area contributed by atoms with Gasteiger partial charge >= 0.3 is 12.1 Å². The molecule has 1 unspecified atom stereocenters. The molecule has 0 aliphatic rings. The smallest absolute Gasteiger partial charge is 0.329 e. The van der Waals surface area contributed by atoms with E-state index in [-0.39, 0.29) is 29.1 Å². The Morgan fingerprint density at radius 3 is 2.40 bits per heavy atom. The van der Waals surface area contributed by atoms with Crippen molar-refractivity contribution in [1.82, 2.24) is 10.1 Å². The minimum atomic E-state index is -4.74. The van der Waals surface area contributed by atoms with Crippen molar-refractivity contribution in [3.05, 3.63) is 71.4 Å². The largest absolute Gasteiger partial charge is 0.471 e. The van der Waals surface area contributed by atoms with Gasteiger partial charge < -0.3 is 4.52 Å². The van der Waals surface area contributed by atoms with Crippen molar-refractivity contribution >= 4 is 15.6 Å². The van der Waals surface area contributed by atoms with Crippen LogP contribution in [-0.4, -0.2) is 26.5 Å². The van der Waals surface area contributed by atoms with Crippen LogP contribution in [0, 0.1) is 5.82 Å². The van der Waals surface area contributed by atoms with Crippen LogP contribution >= 0.6 is 0 Å². The lowest BCUT2D eigenvalue weighted by Crippen LogP contribution is -2.08. The normalized spacial score (nSPS) is 13.6. The van der Waals surface area contributed by atoms with Gasteiger partial charge in [0.25, 0.3) is 5.91 Å². The zero-order valence-electron chi connectivity index (χ0n) is 15.5. The first-order valence-corrected chi connectivity index (χ1v) is 10.6. The number of aromatic nitrogens is 2. The van der Waals surface area contributed by atoms with E-state index in [0.717, 1.165) is 0 Å². The Labute approximate surface area is 169 Å². The van der Waals surface area contributed by atoms with Gasteiger partial charge in [-0.1, -0.05) is 47.6 Å². The third-order valence-corrected chi connectivity index (χ3v) is 5.35. The van der Waals surface area contributed by atoms with Crippen molar-refractivity contribution in [2.75, 3.05) is 6.26 Å². The highest BCUT2D eigenvalue weighted by atomic mass is 32.2. The highest BCUT2D eigenvalue weighted by Crippen LogP contribution is 2.29. The van der Waals surface area contributed by atoms with E-state index in [0.29, 0.717) is 5.56 Å². The van der Waals surface area contributed by atoms with Crippen molar-refractivity contribution in [1.29, 1.82) is 0 Å². The summed E-state index contributed by atoms with van der Waals surface area (Å²) in [5, 5.41) is 3.28. The van der Waals surface area contributed by atoms with Crippen LogP contribution in [0.25, 0.3) is 11.4 Å². The van der Waals surface area contributed by atoms with Gasteiger partial charge in [0.05, 0.1) is 21.9 Å². The molecule has 0 aliphatic heterocycles. The predicted molar refractivity (Wildman–Crippen MR) is 100 cm³/mol. The topological polar surface area (TPSA) is 85.4 Å². The molecule has 0 N–H and O–H groups in total. The summed E-state index contributed by atoms with van der Waals surface area (Å²) in [7, 11) is -2.99. The second-order valence-electron chi connectivity index (χ2n) is 6.47. The van der Waals surface area contributed by atoms with E-state index in [4.69, 9.17) is 0 Å². The fraction of sp³-hybridized carbons (Fsp3) is 0.211. The van der Waals surface area contributed by atoms with E-state index in [2.05, 4.69) is 19.0 Å². The highest BCUT2D eigenvalue weighted by Gasteiger charge is 2.38. The van der Waals surface area contributed by atoms with Crippen molar-refractivity contribution in [3.8, 4) is 11.4 Å². The van der Waals surface area contributed by atoms with Crippen LogP contribution in [0.5, 0.6) is 0 Å². The monoisotopic (exact) mass is 441 g/mol. The molecule has 158 valence electrons. The Balaban J connectivity index is 1.70. The fourth-order valence-corrected chi connectivity index (χ4v) is 3.96.